The number of carbonyl (C=O) groups excluding carboxylic acids is 2. The molecule has 3 aromatic carbocycles. The second kappa shape index (κ2) is 10.7. The van der Waals surface area contributed by atoms with E-state index in [9.17, 15) is 9.59 Å². The maximum atomic E-state index is 13.4. The first kappa shape index (κ1) is 24.6. The summed E-state index contributed by atoms with van der Waals surface area (Å²) in [5.74, 6) is 2.17. The Morgan fingerprint density at radius 2 is 1.24 bits per heavy atom. The van der Waals surface area contributed by atoms with Gasteiger partial charge in [0.1, 0.15) is 17.2 Å². The number of rotatable bonds is 7. The van der Waals surface area contributed by atoms with Crippen LogP contribution >= 0.6 is 0 Å². The molecular formula is C29H30N2O3. The summed E-state index contributed by atoms with van der Waals surface area (Å²) in [5, 5.41) is 5.84. The Labute approximate surface area is 201 Å². The lowest BCUT2D eigenvalue weighted by molar-refractivity contribution is -0.122. The van der Waals surface area contributed by atoms with Gasteiger partial charge in [-0.3, -0.25) is 4.79 Å². The van der Waals surface area contributed by atoms with Crippen LogP contribution in [0.25, 0.3) is 0 Å². The molecule has 0 aliphatic rings. The first-order valence-electron chi connectivity index (χ1n) is 11.2. The Morgan fingerprint density at radius 1 is 0.824 bits per heavy atom. The molecule has 1 atom stereocenters. The summed E-state index contributed by atoms with van der Waals surface area (Å²) >= 11 is 0. The van der Waals surface area contributed by atoms with Gasteiger partial charge in [0.05, 0.1) is 6.42 Å². The topological polar surface area (TPSA) is 67.4 Å². The van der Waals surface area contributed by atoms with E-state index < -0.39 is 23.3 Å². The highest BCUT2D eigenvalue weighted by molar-refractivity contribution is 5.81. The third kappa shape index (κ3) is 6.05. The van der Waals surface area contributed by atoms with Crippen LogP contribution in [0.2, 0.25) is 0 Å². The van der Waals surface area contributed by atoms with Gasteiger partial charge in [-0.2, -0.15) is 0 Å². The zero-order valence-electron chi connectivity index (χ0n) is 19.7. The van der Waals surface area contributed by atoms with Gasteiger partial charge in [0.15, 0.2) is 0 Å². The van der Waals surface area contributed by atoms with Gasteiger partial charge in [-0.15, -0.1) is 6.42 Å². The highest BCUT2D eigenvalue weighted by Gasteiger charge is 2.38. The molecule has 0 radical (unpaired) electrons. The standard InChI is InChI=1S/C29H30N2O3/c1-5-25(30-27(33)34-28(2,3)4)21-26(32)31-29(22-15-9-6-10-16-22,23-17-11-7-12-18-23)24-19-13-8-14-20-24/h1,6-20,25H,21H2,2-4H3,(H,30,33)(H,31,32)/t25-/m0/s1. The maximum Gasteiger partial charge on any atom is 0.408 e. The third-order valence-electron chi connectivity index (χ3n) is 5.23. The van der Waals surface area contributed by atoms with Crippen LogP contribution in [0.5, 0.6) is 0 Å². The van der Waals surface area contributed by atoms with Gasteiger partial charge >= 0.3 is 6.09 Å². The van der Waals surface area contributed by atoms with E-state index in [2.05, 4.69) is 16.6 Å². The number of terminal acetylenes is 1. The van der Waals surface area contributed by atoms with E-state index >= 15 is 0 Å². The van der Waals surface area contributed by atoms with Gasteiger partial charge in [-0.05, 0) is 37.5 Å². The molecule has 5 nitrogen and oxygen atoms in total. The van der Waals surface area contributed by atoms with E-state index in [1.165, 1.54) is 0 Å². The molecule has 0 saturated carbocycles. The molecule has 3 rings (SSSR count). The lowest BCUT2D eigenvalue weighted by Gasteiger charge is -2.37. The lowest BCUT2D eigenvalue weighted by Crippen LogP contribution is -2.49. The van der Waals surface area contributed by atoms with Crippen molar-refractivity contribution in [1.29, 1.82) is 0 Å². The molecule has 0 aliphatic carbocycles. The summed E-state index contributed by atoms with van der Waals surface area (Å²) in [6.45, 7) is 5.29. The molecule has 0 saturated heterocycles. The third-order valence-corrected chi connectivity index (χ3v) is 5.23. The normalized spacial score (nSPS) is 12.2. The summed E-state index contributed by atoms with van der Waals surface area (Å²) in [6.07, 6.45) is 4.86. The predicted octanol–water partition coefficient (Wildman–Crippen LogP) is 5.01. The minimum atomic E-state index is -0.952. The number of alkyl carbamates (subject to hydrolysis) is 1. The van der Waals surface area contributed by atoms with Crippen LogP contribution in [-0.2, 0) is 15.1 Å². The van der Waals surface area contributed by atoms with Crippen LogP contribution in [0.3, 0.4) is 0 Å². The minimum Gasteiger partial charge on any atom is -0.444 e. The highest BCUT2D eigenvalue weighted by atomic mass is 16.6. The molecule has 0 bridgehead atoms. The van der Waals surface area contributed by atoms with Crippen LogP contribution in [0, 0.1) is 12.3 Å². The quantitative estimate of drug-likeness (QED) is 0.390. The highest BCUT2D eigenvalue weighted by Crippen LogP contribution is 2.36. The second-order valence-electron chi connectivity index (χ2n) is 8.97. The first-order chi connectivity index (χ1) is 16.2. The number of benzene rings is 3. The molecule has 3 aromatic rings. The Balaban J connectivity index is 1.97. The van der Waals surface area contributed by atoms with E-state index in [4.69, 9.17) is 11.2 Å². The summed E-state index contributed by atoms with van der Waals surface area (Å²) in [4.78, 5) is 25.6. The van der Waals surface area contributed by atoms with Crippen molar-refractivity contribution in [2.75, 3.05) is 0 Å². The smallest absolute Gasteiger partial charge is 0.408 e. The van der Waals surface area contributed by atoms with Crippen LogP contribution in [0.15, 0.2) is 91.0 Å². The molecule has 0 aliphatic heterocycles. The fourth-order valence-corrected chi connectivity index (χ4v) is 3.83. The van der Waals surface area contributed by atoms with Crippen molar-refractivity contribution in [3.05, 3.63) is 108 Å². The Hall–Kier alpha value is -4.04. The number of amides is 2. The van der Waals surface area contributed by atoms with Gasteiger partial charge in [-0.1, -0.05) is 96.9 Å². The van der Waals surface area contributed by atoms with Crippen molar-refractivity contribution in [3.8, 4) is 12.3 Å². The van der Waals surface area contributed by atoms with Crippen molar-refractivity contribution < 1.29 is 14.3 Å². The van der Waals surface area contributed by atoms with E-state index in [1.807, 2.05) is 91.0 Å². The van der Waals surface area contributed by atoms with Gasteiger partial charge in [-0.25, -0.2) is 4.79 Å². The summed E-state index contributed by atoms with van der Waals surface area (Å²) < 4.78 is 5.28. The van der Waals surface area contributed by atoms with Gasteiger partial charge in [0.25, 0.3) is 0 Å². The van der Waals surface area contributed by atoms with E-state index in [1.54, 1.807) is 20.8 Å². The van der Waals surface area contributed by atoms with E-state index in [0.717, 1.165) is 16.7 Å². The summed E-state index contributed by atoms with van der Waals surface area (Å²) in [7, 11) is 0. The summed E-state index contributed by atoms with van der Waals surface area (Å²) in [6, 6.07) is 28.5. The average molecular weight is 455 g/mol. The Kier molecular flexibility index (Phi) is 7.75. The van der Waals surface area contributed by atoms with Crippen LogP contribution in [0.4, 0.5) is 4.79 Å². The van der Waals surface area contributed by atoms with Crippen LogP contribution < -0.4 is 10.6 Å². The molecule has 0 spiro atoms. The molecule has 0 aromatic heterocycles. The molecule has 174 valence electrons. The van der Waals surface area contributed by atoms with Gasteiger partial charge in [0.2, 0.25) is 5.91 Å². The number of hydrogen-bond acceptors (Lipinski definition) is 3. The number of hydrogen-bond donors (Lipinski definition) is 2. The molecular weight excluding hydrogens is 424 g/mol. The van der Waals surface area contributed by atoms with Crippen molar-refractivity contribution in [3.63, 3.8) is 0 Å². The predicted molar refractivity (Wildman–Crippen MR) is 134 cm³/mol. The second-order valence-corrected chi connectivity index (χ2v) is 8.97. The molecule has 2 amide bonds. The average Bonchev–Trinajstić information content (AvgIpc) is 2.82. The monoisotopic (exact) mass is 454 g/mol. The van der Waals surface area contributed by atoms with Crippen molar-refractivity contribution in [2.24, 2.45) is 0 Å². The lowest BCUT2D eigenvalue weighted by atomic mass is 9.77. The Bertz CT molecular complexity index is 1030. The molecule has 0 unspecified atom stereocenters. The van der Waals surface area contributed by atoms with Crippen molar-refractivity contribution in [2.45, 2.75) is 44.4 Å². The fourth-order valence-electron chi connectivity index (χ4n) is 3.83. The van der Waals surface area contributed by atoms with E-state index in [0.29, 0.717) is 0 Å². The number of carbonyl (C=O) groups is 2. The zero-order valence-corrected chi connectivity index (χ0v) is 19.7. The molecule has 5 heteroatoms. The maximum absolute atomic E-state index is 13.4. The fraction of sp³-hybridized carbons (Fsp3) is 0.241. The molecule has 34 heavy (non-hydrogen) atoms. The zero-order chi connectivity index (χ0) is 24.6. The molecule has 2 N–H and O–H groups in total. The van der Waals surface area contributed by atoms with Crippen LogP contribution in [-0.4, -0.2) is 23.6 Å². The Morgan fingerprint density at radius 3 is 1.59 bits per heavy atom. The molecule has 0 fully saturated rings. The van der Waals surface area contributed by atoms with Gasteiger partial charge < -0.3 is 15.4 Å². The first-order valence-corrected chi connectivity index (χ1v) is 11.2. The number of ether oxygens (including phenoxy) is 1. The van der Waals surface area contributed by atoms with E-state index in [-0.39, 0.29) is 12.3 Å². The summed E-state index contributed by atoms with van der Waals surface area (Å²) in [5.41, 5.74) is 1.08. The van der Waals surface area contributed by atoms with Crippen LogP contribution in [0.1, 0.15) is 43.9 Å². The van der Waals surface area contributed by atoms with Crippen molar-refractivity contribution >= 4 is 12.0 Å². The number of nitrogens with one attached hydrogen (secondary N) is 2. The van der Waals surface area contributed by atoms with Crippen molar-refractivity contribution in [1.82, 2.24) is 10.6 Å². The molecule has 0 heterocycles. The largest absolute Gasteiger partial charge is 0.444 e. The SMILES string of the molecule is C#C[C@@H](CC(=O)NC(c1ccccc1)(c1ccccc1)c1ccccc1)NC(=O)OC(C)(C)C. The van der Waals surface area contributed by atoms with Gasteiger partial charge in [0, 0.05) is 0 Å². The minimum absolute atomic E-state index is 0.107.